The number of ether oxygens (including phenoxy) is 1. The summed E-state index contributed by atoms with van der Waals surface area (Å²) in [7, 11) is 0. The molecule has 0 saturated carbocycles. The highest BCUT2D eigenvalue weighted by Gasteiger charge is 2.28. The second kappa shape index (κ2) is 5.91. The first kappa shape index (κ1) is 14.8. The first-order valence-electron chi connectivity index (χ1n) is 7.85. The molecule has 3 nitrogen and oxygen atoms in total. The van der Waals surface area contributed by atoms with Crippen LogP contribution in [0.25, 0.3) is 0 Å². The van der Waals surface area contributed by atoms with Crippen LogP contribution in [0.3, 0.4) is 0 Å². The molecule has 2 aromatic rings. The van der Waals surface area contributed by atoms with Crippen molar-refractivity contribution in [2.45, 2.75) is 39.3 Å². The maximum atomic E-state index is 9.73. The molecular weight excluding hydrogens is 274 g/mol. The highest BCUT2D eigenvalue weighted by atomic mass is 16.5. The van der Waals surface area contributed by atoms with E-state index < -0.39 is 0 Å². The molecule has 1 aliphatic heterocycles. The van der Waals surface area contributed by atoms with Crippen LogP contribution in [0.1, 0.15) is 25.0 Å². The lowest BCUT2D eigenvalue weighted by Gasteiger charge is -2.39. The van der Waals surface area contributed by atoms with Gasteiger partial charge in [0.15, 0.2) is 0 Å². The van der Waals surface area contributed by atoms with E-state index in [1.54, 1.807) is 12.1 Å². The van der Waals surface area contributed by atoms with Crippen molar-refractivity contribution in [3.05, 3.63) is 53.6 Å². The molecule has 0 saturated heterocycles. The van der Waals surface area contributed by atoms with Crippen LogP contribution in [0.15, 0.2) is 42.5 Å². The molecule has 3 rings (SSSR count). The van der Waals surface area contributed by atoms with Crippen LogP contribution in [0, 0.1) is 6.92 Å². The second-order valence-corrected chi connectivity index (χ2v) is 6.27. The zero-order valence-electron chi connectivity index (χ0n) is 13.4. The summed E-state index contributed by atoms with van der Waals surface area (Å²) >= 11 is 0. The second-order valence-electron chi connectivity index (χ2n) is 6.27. The van der Waals surface area contributed by atoms with Crippen LogP contribution in [0.5, 0.6) is 11.5 Å². The zero-order chi connectivity index (χ0) is 15.7. The van der Waals surface area contributed by atoms with E-state index in [0.29, 0.717) is 6.04 Å². The average Bonchev–Trinajstić information content (AvgIpc) is 2.48. The molecule has 22 heavy (non-hydrogen) atoms. The number of hydrogen-bond donors (Lipinski definition) is 1. The molecule has 0 spiro atoms. The van der Waals surface area contributed by atoms with Gasteiger partial charge >= 0.3 is 0 Å². The lowest BCUT2D eigenvalue weighted by atomic mass is 10.0. The minimum Gasteiger partial charge on any atom is -0.508 e. The van der Waals surface area contributed by atoms with E-state index in [4.69, 9.17) is 4.74 Å². The molecule has 3 heteroatoms. The number of hydrogen-bond acceptors (Lipinski definition) is 3. The minimum absolute atomic E-state index is 0.0952. The molecule has 1 heterocycles. The van der Waals surface area contributed by atoms with E-state index in [1.165, 1.54) is 11.1 Å². The molecular formula is C19H23NO2. The van der Waals surface area contributed by atoms with Crippen LogP contribution in [0.4, 0.5) is 5.69 Å². The Morgan fingerprint density at radius 3 is 2.73 bits per heavy atom. The summed E-state index contributed by atoms with van der Waals surface area (Å²) in [6.07, 6.45) is 0.975. The van der Waals surface area contributed by atoms with Gasteiger partial charge in [0.1, 0.15) is 17.6 Å². The summed E-state index contributed by atoms with van der Waals surface area (Å²) in [5.41, 5.74) is 3.68. The van der Waals surface area contributed by atoms with Crippen molar-refractivity contribution < 1.29 is 9.84 Å². The molecule has 2 aromatic carbocycles. The van der Waals surface area contributed by atoms with Crippen LogP contribution in [-0.2, 0) is 6.42 Å². The lowest BCUT2D eigenvalue weighted by Crippen LogP contribution is -2.44. The molecule has 0 amide bonds. The van der Waals surface area contributed by atoms with Gasteiger partial charge < -0.3 is 14.7 Å². The van der Waals surface area contributed by atoms with Crippen molar-refractivity contribution >= 4 is 5.69 Å². The van der Waals surface area contributed by atoms with Gasteiger partial charge in [-0.15, -0.1) is 0 Å². The Bertz CT molecular complexity index is 666. The van der Waals surface area contributed by atoms with Crippen LogP contribution < -0.4 is 9.64 Å². The summed E-state index contributed by atoms with van der Waals surface area (Å²) in [5, 5.41) is 9.73. The predicted molar refractivity (Wildman–Crippen MR) is 89.9 cm³/mol. The minimum atomic E-state index is 0.0952. The highest BCUT2D eigenvalue weighted by molar-refractivity contribution is 5.63. The van der Waals surface area contributed by atoms with Crippen molar-refractivity contribution in [3.8, 4) is 11.5 Å². The van der Waals surface area contributed by atoms with Gasteiger partial charge in [0.25, 0.3) is 0 Å². The monoisotopic (exact) mass is 297 g/mol. The van der Waals surface area contributed by atoms with Gasteiger partial charge in [-0.1, -0.05) is 24.3 Å². The van der Waals surface area contributed by atoms with Crippen LogP contribution >= 0.6 is 0 Å². The Morgan fingerprint density at radius 2 is 2.00 bits per heavy atom. The van der Waals surface area contributed by atoms with Gasteiger partial charge in [0.2, 0.25) is 0 Å². The van der Waals surface area contributed by atoms with Crippen LogP contribution in [0.2, 0.25) is 0 Å². The summed E-state index contributed by atoms with van der Waals surface area (Å²) in [4.78, 5) is 2.35. The van der Waals surface area contributed by atoms with Crippen molar-refractivity contribution in [2.75, 3.05) is 11.4 Å². The number of phenolic OH excluding ortho intramolecular Hbond substituents is 1. The number of aryl methyl sites for hydroxylation is 1. The number of fused-ring (bicyclic) bond motifs is 1. The summed E-state index contributed by atoms with van der Waals surface area (Å²) < 4.78 is 6.15. The maximum absolute atomic E-state index is 9.73. The van der Waals surface area contributed by atoms with Gasteiger partial charge in [0, 0.05) is 18.5 Å². The third-order valence-corrected chi connectivity index (χ3v) is 4.28. The molecule has 116 valence electrons. The smallest absolute Gasteiger partial charge is 0.146 e. The van der Waals surface area contributed by atoms with E-state index in [9.17, 15) is 5.11 Å². The van der Waals surface area contributed by atoms with E-state index in [-0.39, 0.29) is 11.9 Å². The topological polar surface area (TPSA) is 32.7 Å². The molecule has 0 bridgehead atoms. The number of aromatic hydroxyl groups is 1. The SMILES string of the molecule is Cc1ccccc1CC1CN(C(C)C)c2ccc(O)cc2O1. The van der Waals surface area contributed by atoms with E-state index in [0.717, 1.165) is 24.4 Å². The van der Waals surface area contributed by atoms with Gasteiger partial charge in [0.05, 0.1) is 12.2 Å². The standard InChI is InChI=1S/C19H23NO2/c1-13(2)20-12-17(10-15-7-5-4-6-14(15)3)22-19-11-16(21)8-9-18(19)20/h4-9,11,13,17,21H,10,12H2,1-3H3. The number of anilines is 1. The summed E-state index contributed by atoms with van der Waals surface area (Å²) in [5.74, 6) is 1.03. The average molecular weight is 297 g/mol. The molecule has 0 aromatic heterocycles. The largest absolute Gasteiger partial charge is 0.508 e. The zero-order valence-corrected chi connectivity index (χ0v) is 13.4. The van der Waals surface area contributed by atoms with Gasteiger partial charge in [-0.3, -0.25) is 0 Å². The first-order chi connectivity index (χ1) is 10.5. The Labute approximate surface area is 132 Å². The summed E-state index contributed by atoms with van der Waals surface area (Å²) in [6, 6.07) is 14.2. The molecule has 0 radical (unpaired) electrons. The van der Waals surface area contributed by atoms with Crippen molar-refractivity contribution in [1.29, 1.82) is 0 Å². The van der Waals surface area contributed by atoms with Crippen molar-refractivity contribution in [3.63, 3.8) is 0 Å². The lowest BCUT2D eigenvalue weighted by molar-refractivity contribution is 0.189. The third-order valence-electron chi connectivity index (χ3n) is 4.28. The number of rotatable bonds is 3. The number of phenols is 1. The van der Waals surface area contributed by atoms with Crippen molar-refractivity contribution in [2.24, 2.45) is 0 Å². The van der Waals surface area contributed by atoms with Gasteiger partial charge in [-0.25, -0.2) is 0 Å². The van der Waals surface area contributed by atoms with Crippen LogP contribution in [-0.4, -0.2) is 23.8 Å². The van der Waals surface area contributed by atoms with Gasteiger partial charge in [-0.05, 0) is 44.0 Å². The molecule has 0 fully saturated rings. The summed E-state index contributed by atoms with van der Waals surface area (Å²) in [6.45, 7) is 7.38. The highest BCUT2D eigenvalue weighted by Crippen LogP contribution is 2.37. The van der Waals surface area contributed by atoms with E-state index in [1.807, 2.05) is 6.07 Å². The Kier molecular flexibility index (Phi) is 3.97. The molecule has 1 N–H and O–H groups in total. The Hall–Kier alpha value is -2.16. The fourth-order valence-corrected chi connectivity index (χ4v) is 3.05. The van der Waals surface area contributed by atoms with E-state index >= 15 is 0 Å². The molecule has 1 atom stereocenters. The van der Waals surface area contributed by atoms with Crippen molar-refractivity contribution in [1.82, 2.24) is 0 Å². The third kappa shape index (κ3) is 2.89. The van der Waals surface area contributed by atoms with E-state index in [2.05, 4.69) is 49.9 Å². The van der Waals surface area contributed by atoms with Gasteiger partial charge in [-0.2, -0.15) is 0 Å². The molecule has 1 unspecified atom stereocenters. The molecule has 0 aliphatic carbocycles. The maximum Gasteiger partial charge on any atom is 0.146 e. The Balaban J connectivity index is 1.88. The normalized spacial score (nSPS) is 17.3. The fourth-order valence-electron chi connectivity index (χ4n) is 3.05. The Morgan fingerprint density at radius 1 is 1.23 bits per heavy atom. The first-order valence-corrected chi connectivity index (χ1v) is 7.85. The quantitative estimate of drug-likeness (QED) is 0.932. The number of nitrogens with zero attached hydrogens (tertiary/aromatic N) is 1. The predicted octanol–water partition coefficient (Wildman–Crippen LogP) is 3.92. The number of benzene rings is 2. The fraction of sp³-hybridized carbons (Fsp3) is 0.368. The molecule has 1 aliphatic rings.